The molecule has 0 fully saturated rings. The lowest BCUT2D eigenvalue weighted by molar-refractivity contribution is 0.648. The van der Waals surface area contributed by atoms with Gasteiger partial charge in [0, 0.05) is 6.04 Å². The molecule has 0 saturated heterocycles. The minimum absolute atomic E-state index is 0.394. The van der Waals surface area contributed by atoms with Gasteiger partial charge in [-0.2, -0.15) is 0 Å². The third kappa shape index (κ3) is 2.99. The van der Waals surface area contributed by atoms with Crippen molar-refractivity contribution in [1.29, 1.82) is 0 Å². The van der Waals surface area contributed by atoms with Crippen molar-refractivity contribution in [2.75, 3.05) is 5.32 Å². The third-order valence-electron chi connectivity index (χ3n) is 2.62. The Morgan fingerprint density at radius 3 is 2.65 bits per heavy atom. The zero-order valence-electron chi connectivity index (χ0n) is 11.0. The summed E-state index contributed by atoms with van der Waals surface area (Å²) in [5, 5.41) is 3.29. The number of fused-ring (bicyclic) bond motifs is 1. The maximum Gasteiger partial charge on any atom is 0.201 e. The van der Waals surface area contributed by atoms with E-state index in [2.05, 4.69) is 61.2 Å². The topological polar surface area (TPSA) is 40.7 Å². The van der Waals surface area contributed by atoms with Gasteiger partial charge in [0.05, 0.1) is 11.0 Å². The molecule has 0 aliphatic rings. The number of rotatable bonds is 4. The molecule has 0 radical (unpaired) electrons. The number of benzene rings is 1. The quantitative estimate of drug-likeness (QED) is 0.844. The van der Waals surface area contributed by atoms with Gasteiger partial charge in [-0.25, -0.2) is 4.98 Å². The molecule has 1 aromatic heterocycles. The molecule has 0 bridgehead atoms. The number of hydrogen-bond donors (Lipinski definition) is 2. The molecule has 0 saturated carbocycles. The van der Waals surface area contributed by atoms with E-state index in [-0.39, 0.29) is 0 Å². The molecule has 1 heterocycles. The Bertz CT molecular complexity index is 489. The van der Waals surface area contributed by atoms with E-state index in [1.165, 1.54) is 5.56 Å². The summed E-state index contributed by atoms with van der Waals surface area (Å²) >= 11 is 0. The van der Waals surface area contributed by atoms with Crippen LogP contribution < -0.4 is 5.32 Å². The second-order valence-corrected chi connectivity index (χ2v) is 5.33. The summed E-state index contributed by atoms with van der Waals surface area (Å²) in [6, 6.07) is 6.87. The Kier molecular flexibility index (Phi) is 3.36. The molecule has 0 unspecified atom stereocenters. The zero-order chi connectivity index (χ0) is 12.4. The molecule has 17 heavy (non-hydrogen) atoms. The van der Waals surface area contributed by atoms with E-state index < -0.39 is 0 Å². The van der Waals surface area contributed by atoms with Crippen LogP contribution in [0.15, 0.2) is 18.2 Å². The summed E-state index contributed by atoms with van der Waals surface area (Å²) in [4.78, 5) is 7.84. The van der Waals surface area contributed by atoms with Gasteiger partial charge in [0.1, 0.15) is 0 Å². The third-order valence-corrected chi connectivity index (χ3v) is 2.62. The fraction of sp³-hybridized carbons (Fsp3) is 0.500. The normalized spacial score (nSPS) is 11.6. The fourth-order valence-electron chi connectivity index (χ4n) is 1.99. The van der Waals surface area contributed by atoms with Crippen LogP contribution in [0.1, 0.15) is 33.3 Å². The van der Waals surface area contributed by atoms with E-state index in [4.69, 9.17) is 0 Å². The van der Waals surface area contributed by atoms with Gasteiger partial charge in [-0.15, -0.1) is 0 Å². The average Bonchev–Trinajstić information content (AvgIpc) is 2.56. The van der Waals surface area contributed by atoms with E-state index >= 15 is 0 Å². The first-order chi connectivity index (χ1) is 8.04. The molecule has 0 aliphatic carbocycles. The fourth-order valence-corrected chi connectivity index (χ4v) is 1.99. The summed E-state index contributed by atoms with van der Waals surface area (Å²) in [5.74, 6) is 1.54. The lowest BCUT2D eigenvalue weighted by Gasteiger charge is -2.04. The molecule has 1 aromatic carbocycles. The Morgan fingerprint density at radius 2 is 2.00 bits per heavy atom. The summed E-state index contributed by atoms with van der Waals surface area (Å²) < 4.78 is 0. The van der Waals surface area contributed by atoms with Gasteiger partial charge in [0.25, 0.3) is 0 Å². The number of imidazole rings is 1. The molecule has 0 spiro atoms. The minimum atomic E-state index is 0.394. The Labute approximate surface area is 103 Å². The van der Waals surface area contributed by atoms with E-state index in [1.54, 1.807) is 0 Å². The Morgan fingerprint density at radius 1 is 1.24 bits per heavy atom. The predicted molar refractivity (Wildman–Crippen MR) is 73.4 cm³/mol. The standard InChI is InChI=1S/C14H21N3/c1-9(2)7-11-5-6-12-13(8-11)17-14(16-12)15-10(3)4/h5-6,8-10H,7H2,1-4H3,(H2,15,16,17). The minimum Gasteiger partial charge on any atom is -0.354 e. The first-order valence-corrected chi connectivity index (χ1v) is 6.30. The number of H-pyrrole nitrogens is 1. The van der Waals surface area contributed by atoms with Gasteiger partial charge < -0.3 is 10.3 Å². The first-order valence-electron chi connectivity index (χ1n) is 6.30. The average molecular weight is 231 g/mol. The van der Waals surface area contributed by atoms with Crippen LogP contribution in [0.5, 0.6) is 0 Å². The van der Waals surface area contributed by atoms with Crippen molar-refractivity contribution < 1.29 is 0 Å². The molecule has 2 rings (SSSR count). The second-order valence-electron chi connectivity index (χ2n) is 5.33. The lowest BCUT2D eigenvalue weighted by Crippen LogP contribution is -2.10. The number of aromatic amines is 1. The van der Waals surface area contributed by atoms with Crippen molar-refractivity contribution in [2.45, 2.75) is 40.2 Å². The Hall–Kier alpha value is -1.51. The maximum absolute atomic E-state index is 4.55. The SMILES string of the molecule is CC(C)Cc1ccc2[nH]c(NC(C)C)nc2c1. The molecule has 0 atom stereocenters. The molecule has 2 N–H and O–H groups in total. The predicted octanol–water partition coefficient (Wildman–Crippen LogP) is 3.58. The number of anilines is 1. The van der Waals surface area contributed by atoms with Gasteiger partial charge in [-0.05, 0) is 43.9 Å². The van der Waals surface area contributed by atoms with Crippen molar-refractivity contribution in [3.05, 3.63) is 23.8 Å². The monoisotopic (exact) mass is 231 g/mol. The van der Waals surface area contributed by atoms with E-state index in [0.717, 1.165) is 23.4 Å². The van der Waals surface area contributed by atoms with Crippen LogP contribution in [0.25, 0.3) is 11.0 Å². The molecule has 3 heteroatoms. The maximum atomic E-state index is 4.55. The molecule has 0 amide bonds. The van der Waals surface area contributed by atoms with Gasteiger partial charge in [-0.1, -0.05) is 19.9 Å². The summed E-state index contributed by atoms with van der Waals surface area (Å²) in [7, 11) is 0. The molecule has 92 valence electrons. The van der Waals surface area contributed by atoms with Crippen molar-refractivity contribution in [1.82, 2.24) is 9.97 Å². The molecule has 0 aliphatic heterocycles. The highest BCUT2D eigenvalue weighted by molar-refractivity contribution is 5.78. The van der Waals surface area contributed by atoms with Gasteiger partial charge in [0.15, 0.2) is 0 Å². The highest BCUT2D eigenvalue weighted by Crippen LogP contribution is 2.18. The van der Waals surface area contributed by atoms with Crippen molar-refractivity contribution in [3.63, 3.8) is 0 Å². The zero-order valence-corrected chi connectivity index (χ0v) is 11.0. The van der Waals surface area contributed by atoms with Crippen LogP contribution >= 0.6 is 0 Å². The summed E-state index contributed by atoms with van der Waals surface area (Å²) in [6.07, 6.45) is 1.11. The molecular formula is C14H21N3. The number of aromatic nitrogens is 2. The largest absolute Gasteiger partial charge is 0.354 e. The van der Waals surface area contributed by atoms with E-state index in [0.29, 0.717) is 12.0 Å². The lowest BCUT2D eigenvalue weighted by atomic mass is 10.0. The van der Waals surface area contributed by atoms with Gasteiger partial charge in [-0.3, -0.25) is 0 Å². The summed E-state index contributed by atoms with van der Waals surface area (Å²) in [5.41, 5.74) is 3.50. The van der Waals surface area contributed by atoms with Crippen molar-refractivity contribution >= 4 is 17.0 Å². The van der Waals surface area contributed by atoms with E-state index in [9.17, 15) is 0 Å². The van der Waals surface area contributed by atoms with Gasteiger partial charge in [0.2, 0.25) is 5.95 Å². The van der Waals surface area contributed by atoms with Gasteiger partial charge >= 0.3 is 0 Å². The highest BCUT2D eigenvalue weighted by atomic mass is 15.1. The highest BCUT2D eigenvalue weighted by Gasteiger charge is 2.05. The van der Waals surface area contributed by atoms with Crippen LogP contribution in [0.2, 0.25) is 0 Å². The van der Waals surface area contributed by atoms with Crippen LogP contribution in [-0.4, -0.2) is 16.0 Å². The second kappa shape index (κ2) is 4.78. The van der Waals surface area contributed by atoms with Crippen LogP contribution in [0.4, 0.5) is 5.95 Å². The molecule has 2 aromatic rings. The van der Waals surface area contributed by atoms with Crippen LogP contribution in [0, 0.1) is 5.92 Å². The van der Waals surface area contributed by atoms with Crippen molar-refractivity contribution in [2.24, 2.45) is 5.92 Å². The Balaban J connectivity index is 2.27. The number of hydrogen-bond acceptors (Lipinski definition) is 2. The molecule has 3 nitrogen and oxygen atoms in total. The summed E-state index contributed by atoms with van der Waals surface area (Å²) in [6.45, 7) is 8.69. The first kappa shape index (κ1) is 12.0. The smallest absolute Gasteiger partial charge is 0.201 e. The van der Waals surface area contributed by atoms with Crippen LogP contribution in [-0.2, 0) is 6.42 Å². The number of nitrogens with zero attached hydrogens (tertiary/aromatic N) is 1. The number of nitrogens with one attached hydrogen (secondary N) is 2. The van der Waals surface area contributed by atoms with E-state index in [1.807, 2.05) is 0 Å². The van der Waals surface area contributed by atoms with Crippen molar-refractivity contribution in [3.8, 4) is 0 Å². The molecular weight excluding hydrogens is 210 g/mol. The van der Waals surface area contributed by atoms with Crippen LogP contribution in [0.3, 0.4) is 0 Å².